The van der Waals surface area contributed by atoms with Gasteiger partial charge in [0.05, 0.1) is 6.61 Å². The molecule has 11 heteroatoms. The minimum Gasteiger partial charge on any atom is -0.463 e. The van der Waals surface area contributed by atoms with Crippen LogP contribution in [-0.4, -0.2) is 73.6 Å². The van der Waals surface area contributed by atoms with Gasteiger partial charge in [-0.15, -0.1) is 0 Å². The summed E-state index contributed by atoms with van der Waals surface area (Å²) < 4.78 is 37.7. The van der Waals surface area contributed by atoms with Gasteiger partial charge in [0.2, 0.25) is 0 Å². The summed E-state index contributed by atoms with van der Waals surface area (Å²) in [4.78, 5) is 67.2. The Hall–Kier alpha value is -2.53. The van der Waals surface area contributed by atoms with Crippen molar-refractivity contribution in [3.05, 3.63) is 0 Å². The van der Waals surface area contributed by atoms with Crippen LogP contribution in [0.3, 0.4) is 0 Å². The highest BCUT2D eigenvalue weighted by Gasteiger charge is 2.53. The highest BCUT2D eigenvalue weighted by molar-refractivity contribution is 5.80. The summed E-state index contributed by atoms with van der Waals surface area (Å²) in [6.45, 7) is 8.78. The number of hydrogen-bond acceptors (Lipinski definition) is 11. The van der Waals surface area contributed by atoms with Crippen LogP contribution >= 0.6 is 0 Å². The average molecular weight is 1010 g/mol. The Labute approximate surface area is 434 Å². The number of Topliss-reactive ketones (excluding diaryl/α,β-unsaturated/α-hetero) is 1. The number of carbonyl (C=O) groups is 5. The maximum absolute atomic E-state index is 13.9. The van der Waals surface area contributed by atoms with E-state index in [1.54, 1.807) is 0 Å². The van der Waals surface area contributed by atoms with Crippen molar-refractivity contribution >= 4 is 29.7 Å². The monoisotopic (exact) mass is 1000 g/mol. The fourth-order valence-corrected chi connectivity index (χ4v) is 10.0. The first-order valence-electron chi connectivity index (χ1n) is 30.2. The van der Waals surface area contributed by atoms with Crippen LogP contribution in [0.2, 0.25) is 0 Å². The molecule has 0 N–H and O–H groups in total. The summed E-state index contributed by atoms with van der Waals surface area (Å²) in [6.07, 6.45) is 35.9. The molecule has 71 heavy (non-hydrogen) atoms. The molecule has 1 aliphatic heterocycles. The van der Waals surface area contributed by atoms with Gasteiger partial charge in [-0.3, -0.25) is 24.0 Å². The minimum absolute atomic E-state index is 0.0448. The minimum atomic E-state index is -1.27. The molecule has 0 aromatic rings. The maximum atomic E-state index is 13.9. The van der Waals surface area contributed by atoms with E-state index in [0.29, 0.717) is 44.9 Å². The lowest BCUT2D eigenvalue weighted by molar-refractivity contribution is -0.310. The van der Waals surface area contributed by atoms with Gasteiger partial charge >= 0.3 is 23.9 Å². The normalized spacial score (nSPS) is 20.0. The number of rotatable bonds is 48. The molecule has 0 aromatic carbocycles. The summed E-state index contributed by atoms with van der Waals surface area (Å²) in [5, 5.41) is 0. The van der Waals surface area contributed by atoms with E-state index >= 15 is 0 Å². The third-order valence-electron chi connectivity index (χ3n) is 14.6. The van der Waals surface area contributed by atoms with Gasteiger partial charge in [0.25, 0.3) is 0 Å². The second-order valence-corrected chi connectivity index (χ2v) is 21.4. The van der Waals surface area contributed by atoms with Gasteiger partial charge in [-0.2, -0.15) is 0 Å². The Kier molecular flexibility index (Phi) is 40.9. The lowest BCUT2D eigenvalue weighted by Crippen LogP contribution is -2.63. The zero-order valence-corrected chi connectivity index (χ0v) is 46.3. The van der Waals surface area contributed by atoms with Crippen molar-refractivity contribution in [1.82, 2.24) is 0 Å². The molecular weight excluding hydrogens is 897 g/mol. The molecule has 1 heterocycles. The van der Waals surface area contributed by atoms with E-state index in [1.165, 1.54) is 128 Å². The van der Waals surface area contributed by atoms with Gasteiger partial charge in [0.1, 0.15) is 18.5 Å². The van der Waals surface area contributed by atoms with Crippen molar-refractivity contribution in [2.75, 3.05) is 13.2 Å². The Bertz CT molecular complexity index is 1340. The molecule has 0 amide bonds. The van der Waals surface area contributed by atoms with Crippen LogP contribution in [0.4, 0.5) is 0 Å². The van der Waals surface area contributed by atoms with Gasteiger partial charge in [0, 0.05) is 38.5 Å². The molecule has 2 rings (SSSR count). The first kappa shape index (κ1) is 64.6. The predicted molar refractivity (Wildman–Crippen MR) is 285 cm³/mol. The van der Waals surface area contributed by atoms with E-state index in [4.69, 9.17) is 28.4 Å². The summed E-state index contributed by atoms with van der Waals surface area (Å²) >= 11 is 0. The molecule has 2 fully saturated rings. The van der Waals surface area contributed by atoms with Gasteiger partial charge in [-0.1, -0.05) is 233 Å². The van der Waals surface area contributed by atoms with Crippen molar-refractivity contribution in [3.8, 4) is 0 Å². The molecule has 0 bridgehead atoms. The molecule has 2 aliphatic rings. The van der Waals surface area contributed by atoms with E-state index in [1.807, 2.05) is 0 Å². The van der Waals surface area contributed by atoms with E-state index in [0.717, 1.165) is 77.0 Å². The second-order valence-electron chi connectivity index (χ2n) is 21.4. The third-order valence-corrected chi connectivity index (χ3v) is 14.6. The zero-order valence-electron chi connectivity index (χ0n) is 46.3. The number of unbranched alkanes of at least 4 members (excludes halogenated alkanes) is 32. The molecule has 414 valence electrons. The quantitative estimate of drug-likeness (QED) is 0.0327. The van der Waals surface area contributed by atoms with Crippen LogP contribution in [0.15, 0.2) is 0 Å². The molecule has 6 atom stereocenters. The summed E-state index contributed by atoms with van der Waals surface area (Å²) in [6, 6.07) is 0. The largest absolute Gasteiger partial charge is 0.463 e. The van der Waals surface area contributed by atoms with Crippen molar-refractivity contribution in [3.63, 3.8) is 0 Å². The summed E-state index contributed by atoms with van der Waals surface area (Å²) in [5.74, 6) is -1.69. The van der Waals surface area contributed by atoms with Crippen molar-refractivity contribution in [2.24, 2.45) is 5.92 Å². The van der Waals surface area contributed by atoms with E-state index in [9.17, 15) is 24.0 Å². The van der Waals surface area contributed by atoms with Crippen molar-refractivity contribution in [1.29, 1.82) is 0 Å². The molecule has 1 saturated carbocycles. The first-order chi connectivity index (χ1) is 34.7. The summed E-state index contributed by atoms with van der Waals surface area (Å²) in [5.41, 5.74) is 0. The molecule has 0 aromatic heterocycles. The molecule has 1 aliphatic carbocycles. The Morgan fingerprint density at radius 2 is 0.732 bits per heavy atom. The Balaban J connectivity index is 2.31. The second kappa shape index (κ2) is 44.9. The van der Waals surface area contributed by atoms with Crippen LogP contribution in [0.5, 0.6) is 0 Å². The number of ether oxygens (including phenoxy) is 6. The number of hydrogen-bond donors (Lipinski definition) is 0. The average Bonchev–Trinajstić information content (AvgIpc) is 3.78. The SMILES string of the molecule is CCCCCCCCCCCC(=O)OC[C@H]1O[C@@H](OCC2CCC(=O)C2)[C@H](OC(=O)CCCCCCCCCCC)[C@@H](OC(=O)CCCCCCCCCCC)[C@H]1OC(=O)CCCCCCCCCCC. The summed E-state index contributed by atoms with van der Waals surface area (Å²) in [7, 11) is 0. The van der Waals surface area contributed by atoms with Gasteiger partial charge < -0.3 is 28.4 Å². The number of esters is 4. The highest BCUT2D eigenvalue weighted by atomic mass is 16.7. The molecule has 1 unspecified atom stereocenters. The van der Waals surface area contributed by atoms with Gasteiger partial charge in [-0.25, -0.2) is 0 Å². The Morgan fingerprint density at radius 3 is 1.08 bits per heavy atom. The zero-order chi connectivity index (χ0) is 51.4. The smallest absolute Gasteiger partial charge is 0.306 e. The fourth-order valence-electron chi connectivity index (χ4n) is 10.0. The first-order valence-corrected chi connectivity index (χ1v) is 30.2. The molecular formula is C60H108O11. The van der Waals surface area contributed by atoms with Crippen molar-refractivity contribution in [2.45, 2.75) is 334 Å². The van der Waals surface area contributed by atoms with E-state index < -0.39 is 48.6 Å². The lowest BCUT2D eigenvalue weighted by atomic mass is 9.97. The number of ketones is 1. The fraction of sp³-hybridized carbons (Fsp3) is 0.917. The number of carbonyl (C=O) groups excluding carboxylic acids is 5. The maximum Gasteiger partial charge on any atom is 0.306 e. The van der Waals surface area contributed by atoms with Gasteiger partial charge in [0.15, 0.2) is 24.6 Å². The predicted octanol–water partition coefficient (Wildman–Crippen LogP) is 16.1. The Morgan fingerprint density at radius 1 is 0.408 bits per heavy atom. The van der Waals surface area contributed by atoms with Crippen LogP contribution in [0, 0.1) is 5.92 Å². The molecule has 0 spiro atoms. The van der Waals surface area contributed by atoms with Crippen molar-refractivity contribution < 1.29 is 52.4 Å². The van der Waals surface area contributed by atoms with Crippen LogP contribution in [0.1, 0.15) is 304 Å². The molecule has 1 saturated heterocycles. The highest BCUT2D eigenvalue weighted by Crippen LogP contribution is 2.33. The van der Waals surface area contributed by atoms with E-state index in [-0.39, 0.29) is 56.6 Å². The lowest BCUT2D eigenvalue weighted by Gasteiger charge is -2.44. The third kappa shape index (κ3) is 33.8. The van der Waals surface area contributed by atoms with E-state index in [2.05, 4.69) is 27.7 Å². The molecule has 11 nitrogen and oxygen atoms in total. The van der Waals surface area contributed by atoms with Crippen LogP contribution < -0.4 is 0 Å². The van der Waals surface area contributed by atoms with Gasteiger partial charge in [-0.05, 0) is 38.0 Å². The topological polar surface area (TPSA) is 141 Å². The van der Waals surface area contributed by atoms with Crippen LogP contribution in [0.25, 0.3) is 0 Å². The standard InChI is InChI=1S/C60H108O11/c1-5-9-13-17-21-25-29-33-37-41-53(62)66-49-52-57(69-54(63)42-38-34-30-26-22-18-14-10-6-2)58(70-55(64)43-39-35-31-27-23-19-15-11-7-3)59(60(68-52)67-48-50-45-46-51(61)47-50)71-56(65)44-40-36-32-28-24-20-16-12-8-4/h50,52,57-60H,5-49H2,1-4H3/t50?,52-,57+,58+,59-,60-/m1/s1. The van der Waals surface area contributed by atoms with Crippen LogP contribution in [-0.2, 0) is 52.4 Å². The molecule has 0 radical (unpaired) electrons.